The van der Waals surface area contributed by atoms with Crippen LogP contribution >= 0.6 is 0 Å². The zero-order valence-corrected chi connectivity index (χ0v) is 20.2. The molecule has 3 rings (SSSR count). The van der Waals surface area contributed by atoms with Crippen LogP contribution in [-0.2, 0) is 9.59 Å². The summed E-state index contributed by atoms with van der Waals surface area (Å²) in [4.78, 5) is 33.9. The number of hydrogen-bond donors (Lipinski definition) is 1. The Morgan fingerprint density at radius 2 is 1.58 bits per heavy atom. The molecule has 2 aromatic rings. The number of fused-ring (bicyclic) bond motifs is 1. The molecule has 0 bridgehead atoms. The van der Waals surface area contributed by atoms with Crippen molar-refractivity contribution >= 4 is 23.1 Å². The number of ketones is 1. The number of nitrogens with two attached hydrogens (primary N) is 1. The molecule has 33 heavy (non-hydrogen) atoms. The molecule has 1 heterocycles. The molecule has 0 radical (unpaired) electrons. The summed E-state index contributed by atoms with van der Waals surface area (Å²) in [5.74, 6) is -1.00. The van der Waals surface area contributed by atoms with E-state index in [1.165, 1.54) is 4.90 Å². The summed E-state index contributed by atoms with van der Waals surface area (Å²) in [6, 6.07) is 17.3. The van der Waals surface area contributed by atoms with E-state index in [1.807, 2.05) is 54.6 Å². The number of para-hydroxylation sites is 1. The van der Waals surface area contributed by atoms with Crippen molar-refractivity contribution in [3.05, 3.63) is 65.7 Å². The first kappa shape index (κ1) is 24.8. The number of likely N-dealkylation sites (N-methyl/N-ethyl adjacent to an activating group) is 1. The van der Waals surface area contributed by atoms with Crippen LogP contribution in [0.3, 0.4) is 0 Å². The van der Waals surface area contributed by atoms with E-state index in [-0.39, 0.29) is 11.7 Å². The van der Waals surface area contributed by atoms with E-state index in [0.717, 1.165) is 62.5 Å². The Bertz CT molecular complexity index is 986. The largest absolute Gasteiger partial charge is 0.311 e. The fourth-order valence-corrected chi connectivity index (χ4v) is 4.58. The van der Waals surface area contributed by atoms with Gasteiger partial charge in [-0.1, -0.05) is 101 Å². The second-order valence-electron chi connectivity index (χ2n) is 9.03. The molecular formula is C28H37N3O2. The number of unbranched alkanes of at least 4 members (excludes halogenated alkanes) is 4. The minimum Gasteiger partial charge on any atom is -0.311 e. The van der Waals surface area contributed by atoms with Gasteiger partial charge in [0, 0.05) is 24.1 Å². The van der Waals surface area contributed by atoms with E-state index in [4.69, 9.17) is 10.7 Å². The topological polar surface area (TPSA) is 75.8 Å². The Morgan fingerprint density at radius 1 is 0.939 bits per heavy atom. The van der Waals surface area contributed by atoms with Gasteiger partial charge in [-0.3, -0.25) is 15.3 Å². The van der Waals surface area contributed by atoms with E-state index in [2.05, 4.69) is 13.8 Å². The monoisotopic (exact) mass is 447 g/mol. The Balaban J connectivity index is 2.07. The maximum Gasteiger partial charge on any atom is 0.277 e. The second kappa shape index (κ2) is 11.4. The molecule has 0 saturated carbocycles. The summed E-state index contributed by atoms with van der Waals surface area (Å²) in [6.45, 7) is 4.29. The van der Waals surface area contributed by atoms with Crippen LogP contribution in [0.2, 0.25) is 0 Å². The van der Waals surface area contributed by atoms with Gasteiger partial charge in [0.1, 0.15) is 0 Å². The summed E-state index contributed by atoms with van der Waals surface area (Å²) in [5, 5.41) is 0. The van der Waals surface area contributed by atoms with Gasteiger partial charge in [-0.05, 0) is 18.9 Å². The summed E-state index contributed by atoms with van der Waals surface area (Å²) in [5.41, 5.74) is 7.70. The first-order valence-corrected chi connectivity index (χ1v) is 12.3. The van der Waals surface area contributed by atoms with E-state index in [0.29, 0.717) is 11.4 Å². The normalized spacial score (nSPS) is 19.0. The van der Waals surface area contributed by atoms with Crippen molar-refractivity contribution in [2.45, 2.75) is 70.9 Å². The third kappa shape index (κ3) is 5.41. The smallest absolute Gasteiger partial charge is 0.277 e. The molecule has 2 N–H and O–H groups in total. The predicted molar refractivity (Wildman–Crippen MR) is 136 cm³/mol. The Labute approximate surface area is 198 Å². The van der Waals surface area contributed by atoms with Crippen LogP contribution in [0.1, 0.15) is 76.3 Å². The summed E-state index contributed by atoms with van der Waals surface area (Å²) in [7, 11) is 1.68. The number of aliphatic imine (C=N–C) groups is 1. The lowest BCUT2D eigenvalue weighted by atomic mass is 9.85. The van der Waals surface area contributed by atoms with Crippen molar-refractivity contribution in [3.8, 4) is 0 Å². The number of nitrogens with zero attached hydrogens (tertiary/aromatic N) is 2. The zero-order chi connectivity index (χ0) is 23.8. The fourth-order valence-electron chi connectivity index (χ4n) is 4.58. The molecule has 0 aliphatic carbocycles. The number of rotatable bonds is 11. The standard InChI is InChI=1S/C28H37N3O2/c1-4-6-8-10-18-22(15-7-5-2)26(32)28(29)27(33)31(3)24-20-14-13-19-23(24)25(30-28)21-16-11-9-12-17-21/h9,11-14,16-17,19-20,22H,4-8,10,15,18,29H2,1-3H3/t22?,28-/m0/s1. The Kier molecular flexibility index (Phi) is 8.56. The van der Waals surface area contributed by atoms with Crippen LogP contribution in [0.15, 0.2) is 59.6 Å². The van der Waals surface area contributed by atoms with Crippen LogP contribution in [0.5, 0.6) is 0 Å². The van der Waals surface area contributed by atoms with Gasteiger partial charge < -0.3 is 4.90 Å². The van der Waals surface area contributed by atoms with Gasteiger partial charge in [0.25, 0.3) is 5.91 Å². The van der Waals surface area contributed by atoms with Crippen molar-refractivity contribution in [3.63, 3.8) is 0 Å². The van der Waals surface area contributed by atoms with Gasteiger partial charge in [0.2, 0.25) is 5.66 Å². The maximum atomic E-state index is 13.9. The first-order chi connectivity index (χ1) is 15.9. The molecule has 0 saturated heterocycles. The summed E-state index contributed by atoms with van der Waals surface area (Å²) >= 11 is 0. The molecule has 1 aliphatic rings. The third-order valence-electron chi connectivity index (χ3n) is 6.55. The molecule has 5 nitrogen and oxygen atoms in total. The van der Waals surface area contributed by atoms with Crippen molar-refractivity contribution in [2.24, 2.45) is 16.6 Å². The van der Waals surface area contributed by atoms with E-state index < -0.39 is 11.6 Å². The van der Waals surface area contributed by atoms with E-state index >= 15 is 0 Å². The summed E-state index contributed by atoms with van der Waals surface area (Å²) in [6.07, 6.45) is 7.74. The molecule has 2 aromatic carbocycles. The minimum absolute atomic E-state index is 0.259. The molecule has 1 aliphatic heterocycles. The van der Waals surface area contributed by atoms with Crippen molar-refractivity contribution in [1.82, 2.24) is 0 Å². The first-order valence-electron chi connectivity index (χ1n) is 12.3. The maximum absolute atomic E-state index is 13.9. The number of amides is 1. The van der Waals surface area contributed by atoms with Gasteiger partial charge in [-0.15, -0.1) is 0 Å². The Hall–Kier alpha value is -2.79. The van der Waals surface area contributed by atoms with Crippen LogP contribution in [0.4, 0.5) is 5.69 Å². The number of benzene rings is 2. The summed E-state index contributed by atoms with van der Waals surface area (Å²) < 4.78 is 0. The molecule has 0 fully saturated rings. The average Bonchev–Trinajstić information content (AvgIpc) is 2.93. The molecule has 176 valence electrons. The predicted octanol–water partition coefficient (Wildman–Crippen LogP) is 5.50. The van der Waals surface area contributed by atoms with Crippen molar-refractivity contribution in [2.75, 3.05) is 11.9 Å². The lowest BCUT2D eigenvalue weighted by molar-refractivity contribution is -0.136. The lowest BCUT2D eigenvalue weighted by Crippen LogP contribution is -2.60. The lowest BCUT2D eigenvalue weighted by Gasteiger charge is -2.30. The highest BCUT2D eigenvalue weighted by atomic mass is 16.2. The van der Waals surface area contributed by atoms with Crippen molar-refractivity contribution < 1.29 is 9.59 Å². The molecule has 5 heteroatoms. The van der Waals surface area contributed by atoms with Gasteiger partial charge >= 0.3 is 0 Å². The van der Waals surface area contributed by atoms with Gasteiger partial charge in [-0.25, -0.2) is 4.99 Å². The number of hydrogen-bond acceptors (Lipinski definition) is 4. The number of Topliss-reactive ketones (excluding diaryl/α,β-unsaturated/α-hetero) is 1. The van der Waals surface area contributed by atoms with Gasteiger partial charge in [0.15, 0.2) is 5.78 Å². The Morgan fingerprint density at radius 3 is 2.27 bits per heavy atom. The third-order valence-corrected chi connectivity index (χ3v) is 6.55. The minimum atomic E-state index is -1.94. The van der Waals surface area contributed by atoms with Crippen LogP contribution in [0.25, 0.3) is 0 Å². The SMILES string of the molecule is CCCCCCC(CCCC)C(=O)[C@]1(N)N=C(c2ccccc2)c2ccccc2N(C)C1=O. The van der Waals surface area contributed by atoms with Crippen LogP contribution in [0, 0.1) is 5.92 Å². The average molecular weight is 448 g/mol. The highest BCUT2D eigenvalue weighted by Gasteiger charge is 2.48. The number of carbonyl (C=O) groups is 2. The highest BCUT2D eigenvalue weighted by molar-refractivity contribution is 6.25. The molecule has 2 atom stereocenters. The van der Waals surface area contributed by atoms with Crippen molar-refractivity contribution in [1.29, 1.82) is 0 Å². The van der Waals surface area contributed by atoms with E-state index in [1.54, 1.807) is 7.05 Å². The number of benzodiazepines with no additional fused rings is 1. The van der Waals surface area contributed by atoms with Crippen LogP contribution in [-0.4, -0.2) is 30.1 Å². The van der Waals surface area contributed by atoms with Gasteiger partial charge in [-0.2, -0.15) is 0 Å². The van der Waals surface area contributed by atoms with Gasteiger partial charge in [0.05, 0.1) is 11.4 Å². The molecule has 1 amide bonds. The fraction of sp³-hybridized carbons (Fsp3) is 0.464. The molecule has 1 unspecified atom stereocenters. The number of anilines is 1. The highest BCUT2D eigenvalue weighted by Crippen LogP contribution is 2.32. The number of carbonyl (C=O) groups excluding carboxylic acids is 2. The molecular weight excluding hydrogens is 410 g/mol. The zero-order valence-electron chi connectivity index (χ0n) is 20.2. The molecule has 0 aromatic heterocycles. The quantitative estimate of drug-likeness (QED) is 0.365. The van der Waals surface area contributed by atoms with E-state index in [9.17, 15) is 9.59 Å². The molecule has 0 spiro atoms. The van der Waals surface area contributed by atoms with Crippen LogP contribution < -0.4 is 10.6 Å². The second-order valence-corrected chi connectivity index (χ2v) is 9.03.